The molecule has 0 bridgehead atoms. The molecule has 0 N–H and O–H groups in total. The summed E-state index contributed by atoms with van der Waals surface area (Å²) in [7, 11) is 0. The minimum Gasteiger partial charge on any atom is -0.594 e. The molecular formula is C16H10N4O. The maximum absolute atomic E-state index is 12.0. The molecule has 5 heteroatoms. The molecule has 0 spiro atoms. The van der Waals surface area contributed by atoms with E-state index in [0.29, 0.717) is 27.4 Å². The van der Waals surface area contributed by atoms with Gasteiger partial charge in [0.05, 0.1) is 5.52 Å². The van der Waals surface area contributed by atoms with Crippen molar-refractivity contribution in [2.24, 2.45) is 0 Å². The predicted octanol–water partition coefficient (Wildman–Crippen LogP) is 2.48. The predicted molar refractivity (Wildman–Crippen MR) is 79.2 cm³/mol. The van der Waals surface area contributed by atoms with Crippen molar-refractivity contribution in [3.05, 3.63) is 65.9 Å². The number of para-hydroxylation sites is 3. The first-order valence-corrected chi connectivity index (χ1v) is 6.54. The molecule has 0 aliphatic carbocycles. The highest BCUT2D eigenvalue weighted by Gasteiger charge is 2.13. The lowest BCUT2D eigenvalue weighted by Gasteiger charge is -2.03. The maximum Gasteiger partial charge on any atom is 0.270 e. The Kier molecular flexibility index (Phi) is 2.50. The van der Waals surface area contributed by atoms with Crippen molar-refractivity contribution in [1.82, 2.24) is 15.1 Å². The Morgan fingerprint density at radius 2 is 1.52 bits per heavy atom. The molecule has 2 aromatic carbocycles. The van der Waals surface area contributed by atoms with Gasteiger partial charge in [0.25, 0.3) is 5.52 Å². The second-order valence-corrected chi connectivity index (χ2v) is 4.69. The smallest absolute Gasteiger partial charge is 0.270 e. The summed E-state index contributed by atoms with van der Waals surface area (Å²) >= 11 is 0. The van der Waals surface area contributed by atoms with E-state index in [0.717, 1.165) is 10.9 Å². The molecule has 0 unspecified atom stereocenters. The van der Waals surface area contributed by atoms with Crippen molar-refractivity contribution in [2.45, 2.75) is 0 Å². The van der Waals surface area contributed by atoms with E-state index in [1.807, 2.05) is 42.5 Å². The Balaban J connectivity index is 1.95. The summed E-state index contributed by atoms with van der Waals surface area (Å²) in [4.78, 5) is 9.53. The third-order valence-electron chi connectivity index (χ3n) is 3.33. The molecule has 2 aromatic heterocycles. The molecule has 0 fully saturated rings. The Bertz CT molecular complexity index is 968. The normalized spacial score (nSPS) is 11.0. The first kappa shape index (κ1) is 11.7. The Labute approximate surface area is 120 Å². The van der Waals surface area contributed by atoms with Crippen molar-refractivity contribution < 1.29 is 4.85 Å². The highest BCUT2D eigenvalue weighted by Crippen LogP contribution is 2.18. The van der Waals surface area contributed by atoms with Crippen LogP contribution in [0.25, 0.3) is 33.5 Å². The average Bonchev–Trinajstić information content (AvgIpc) is 2.54. The first-order valence-electron chi connectivity index (χ1n) is 6.54. The van der Waals surface area contributed by atoms with E-state index in [9.17, 15) is 5.21 Å². The fourth-order valence-corrected chi connectivity index (χ4v) is 2.30. The lowest BCUT2D eigenvalue weighted by atomic mass is 10.2. The summed E-state index contributed by atoms with van der Waals surface area (Å²) in [5.41, 5.74) is 2.49. The zero-order chi connectivity index (χ0) is 14.2. The zero-order valence-electron chi connectivity index (χ0n) is 11.0. The van der Waals surface area contributed by atoms with E-state index in [1.165, 1.54) is 0 Å². The van der Waals surface area contributed by atoms with E-state index in [1.54, 1.807) is 18.2 Å². The lowest BCUT2D eigenvalue weighted by molar-refractivity contribution is -0.642. The molecule has 4 aromatic rings. The van der Waals surface area contributed by atoms with Crippen molar-refractivity contribution >= 4 is 21.9 Å². The Hall–Kier alpha value is -3.08. The molecule has 5 nitrogen and oxygen atoms in total. The van der Waals surface area contributed by atoms with E-state index < -0.39 is 0 Å². The fourth-order valence-electron chi connectivity index (χ4n) is 2.30. The molecule has 4 rings (SSSR count). The van der Waals surface area contributed by atoms with Crippen LogP contribution >= 0.6 is 0 Å². The second kappa shape index (κ2) is 4.49. The number of nitrogens with zero attached hydrogens (tertiary/aromatic N) is 4. The minimum atomic E-state index is 0.328. The molecule has 0 saturated carbocycles. The quantitative estimate of drug-likeness (QED) is 0.395. The third-order valence-corrected chi connectivity index (χ3v) is 3.33. The summed E-state index contributed by atoms with van der Waals surface area (Å²) in [6.07, 6.45) is 0. The number of hydrogen-bond donors (Lipinski definition) is 0. The maximum atomic E-state index is 12.0. The standard InChI is InChI=1S/C16H10N4O/c21-20-15-8-4-3-7-13(15)18-16(19-20)14-10-9-11-5-1-2-6-12(11)17-14/h1-10H. The number of pyridine rings is 1. The summed E-state index contributed by atoms with van der Waals surface area (Å²) in [6, 6.07) is 18.7. The Morgan fingerprint density at radius 3 is 2.43 bits per heavy atom. The van der Waals surface area contributed by atoms with Crippen LogP contribution in [0, 0.1) is 5.21 Å². The van der Waals surface area contributed by atoms with Crippen molar-refractivity contribution in [3.63, 3.8) is 0 Å². The van der Waals surface area contributed by atoms with Gasteiger partial charge < -0.3 is 5.21 Å². The SMILES string of the molecule is [O-][n+]1nc(-c2ccc3ccccc3n2)nc2ccccc21. The van der Waals surface area contributed by atoms with Gasteiger partial charge in [-0.3, -0.25) is 0 Å². The van der Waals surface area contributed by atoms with E-state index in [-0.39, 0.29) is 0 Å². The fraction of sp³-hybridized carbons (Fsp3) is 0. The van der Waals surface area contributed by atoms with Crippen LogP contribution in [0.1, 0.15) is 0 Å². The van der Waals surface area contributed by atoms with Crippen LogP contribution in [-0.2, 0) is 0 Å². The summed E-state index contributed by atoms with van der Waals surface area (Å²) in [5, 5.41) is 17.0. The second-order valence-electron chi connectivity index (χ2n) is 4.69. The summed E-state index contributed by atoms with van der Waals surface area (Å²) in [6.45, 7) is 0. The van der Waals surface area contributed by atoms with Gasteiger partial charge in [-0.05, 0) is 23.0 Å². The Morgan fingerprint density at radius 1 is 0.762 bits per heavy atom. The van der Waals surface area contributed by atoms with Crippen LogP contribution in [0.15, 0.2) is 60.7 Å². The van der Waals surface area contributed by atoms with Gasteiger partial charge >= 0.3 is 0 Å². The number of aromatic nitrogens is 4. The van der Waals surface area contributed by atoms with Crippen LogP contribution < -0.4 is 4.85 Å². The molecule has 0 amide bonds. The van der Waals surface area contributed by atoms with Crippen molar-refractivity contribution in [1.29, 1.82) is 0 Å². The molecule has 0 saturated heterocycles. The van der Waals surface area contributed by atoms with Gasteiger partial charge in [0.1, 0.15) is 11.2 Å². The third kappa shape index (κ3) is 1.95. The van der Waals surface area contributed by atoms with Gasteiger partial charge in [-0.1, -0.05) is 36.4 Å². The molecule has 21 heavy (non-hydrogen) atoms. The van der Waals surface area contributed by atoms with Crippen LogP contribution in [0.2, 0.25) is 0 Å². The summed E-state index contributed by atoms with van der Waals surface area (Å²) in [5.74, 6) is 0.328. The molecule has 100 valence electrons. The molecule has 0 aliphatic heterocycles. The van der Waals surface area contributed by atoms with Crippen LogP contribution in [-0.4, -0.2) is 15.1 Å². The number of benzene rings is 2. The highest BCUT2D eigenvalue weighted by atomic mass is 16.5. The van der Waals surface area contributed by atoms with Crippen molar-refractivity contribution in [2.75, 3.05) is 0 Å². The van der Waals surface area contributed by atoms with Gasteiger partial charge in [0.2, 0.25) is 5.82 Å². The van der Waals surface area contributed by atoms with Gasteiger partial charge in [-0.2, -0.15) is 0 Å². The number of rotatable bonds is 1. The van der Waals surface area contributed by atoms with Gasteiger partial charge in [0, 0.05) is 16.6 Å². The van der Waals surface area contributed by atoms with Crippen molar-refractivity contribution in [3.8, 4) is 11.5 Å². The van der Waals surface area contributed by atoms with E-state index >= 15 is 0 Å². The monoisotopic (exact) mass is 274 g/mol. The van der Waals surface area contributed by atoms with Gasteiger partial charge in [-0.25, -0.2) is 9.97 Å². The molecular weight excluding hydrogens is 264 g/mol. The highest BCUT2D eigenvalue weighted by molar-refractivity contribution is 5.81. The van der Waals surface area contributed by atoms with E-state index in [4.69, 9.17) is 0 Å². The van der Waals surface area contributed by atoms with Crippen LogP contribution in [0.4, 0.5) is 0 Å². The van der Waals surface area contributed by atoms with Gasteiger partial charge in [-0.15, -0.1) is 0 Å². The molecule has 0 aliphatic rings. The van der Waals surface area contributed by atoms with Gasteiger partial charge in [0.15, 0.2) is 0 Å². The molecule has 0 radical (unpaired) electrons. The zero-order valence-corrected chi connectivity index (χ0v) is 11.0. The number of hydrogen-bond acceptors (Lipinski definition) is 4. The lowest BCUT2D eigenvalue weighted by Crippen LogP contribution is -2.33. The molecule has 0 atom stereocenters. The van der Waals surface area contributed by atoms with E-state index in [2.05, 4.69) is 15.1 Å². The largest absolute Gasteiger partial charge is 0.594 e. The topological polar surface area (TPSA) is 65.6 Å². The van der Waals surface area contributed by atoms with Crippen LogP contribution in [0.5, 0.6) is 0 Å². The van der Waals surface area contributed by atoms with Crippen LogP contribution in [0.3, 0.4) is 0 Å². The molecule has 2 heterocycles. The summed E-state index contributed by atoms with van der Waals surface area (Å²) < 4.78 is 0. The first-order chi connectivity index (χ1) is 10.3. The number of fused-ring (bicyclic) bond motifs is 2. The average molecular weight is 274 g/mol. The minimum absolute atomic E-state index is 0.328.